The van der Waals surface area contributed by atoms with Crippen molar-refractivity contribution in [3.63, 3.8) is 0 Å². The van der Waals surface area contributed by atoms with Gasteiger partial charge in [0.05, 0.1) is 0 Å². The fraction of sp³-hybridized carbons (Fsp3) is 0.778. The van der Waals surface area contributed by atoms with Gasteiger partial charge in [-0.15, -0.1) is 0 Å². The van der Waals surface area contributed by atoms with Gasteiger partial charge < -0.3 is 9.44 Å². The Bertz CT molecular complexity index is 720. The van der Waals surface area contributed by atoms with Crippen molar-refractivity contribution in [1.29, 1.82) is 0 Å². The molecule has 24 heavy (non-hydrogen) atoms. The summed E-state index contributed by atoms with van der Waals surface area (Å²) in [6.07, 6.45) is -0.260. The van der Waals surface area contributed by atoms with Gasteiger partial charge in [-0.25, -0.2) is 16.8 Å². The van der Waals surface area contributed by atoms with Crippen LogP contribution in [0.2, 0.25) is 0 Å². The molecule has 0 aliphatic heterocycles. The number of hydrogen-bond donors (Lipinski definition) is 1. The van der Waals surface area contributed by atoms with Crippen LogP contribution in [0.25, 0.3) is 4.13 Å². The van der Waals surface area contributed by atoms with Gasteiger partial charge >= 0.3 is 16.7 Å². The summed E-state index contributed by atoms with van der Waals surface area (Å²) in [5.41, 5.74) is -6.23. The SMILES string of the molecule is O=C1CCC(NC(=O)C(F)(F)S(=O)(=O)[N-]S(=O)(=O)C(F)(F)F)CC1. The molecule has 0 spiro atoms. The van der Waals surface area contributed by atoms with Crippen LogP contribution in [0.15, 0.2) is 0 Å². The van der Waals surface area contributed by atoms with Crippen molar-refractivity contribution in [3.8, 4) is 0 Å². The maximum Gasteiger partial charge on any atom is 0.480 e. The number of carbonyl (C=O) groups is 2. The normalized spacial score (nSPS) is 18.5. The molecule has 0 aromatic heterocycles. The molecule has 0 aromatic rings. The van der Waals surface area contributed by atoms with Crippen LogP contribution in [-0.4, -0.2) is 45.3 Å². The molecule has 1 amide bonds. The second-order valence-electron chi connectivity index (χ2n) is 4.77. The molecule has 0 heterocycles. The van der Waals surface area contributed by atoms with Crippen LogP contribution in [0.3, 0.4) is 0 Å². The van der Waals surface area contributed by atoms with Crippen molar-refractivity contribution < 1.29 is 48.4 Å². The third-order valence-electron chi connectivity index (χ3n) is 2.96. The molecule has 1 N–H and O–H groups in total. The molecule has 15 heteroatoms. The van der Waals surface area contributed by atoms with Crippen LogP contribution in [0, 0.1) is 0 Å². The summed E-state index contributed by atoms with van der Waals surface area (Å²) >= 11 is 0. The Kier molecular flexibility index (Phi) is 5.62. The van der Waals surface area contributed by atoms with Crippen LogP contribution in [0.1, 0.15) is 25.7 Å². The average Bonchev–Trinajstić information content (AvgIpc) is 2.38. The molecule has 140 valence electrons. The maximum absolute atomic E-state index is 13.6. The Labute approximate surface area is 132 Å². The fourth-order valence-electron chi connectivity index (χ4n) is 1.69. The van der Waals surface area contributed by atoms with Gasteiger partial charge in [-0.05, 0) is 12.8 Å². The van der Waals surface area contributed by atoms with E-state index in [-0.39, 0.29) is 31.5 Å². The predicted octanol–water partition coefficient (Wildman–Crippen LogP) is 0.760. The first-order valence-corrected chi connectivity index (χ1v) is 8.99. The summed E-state index contributed by atoms with van der Waals surface area (Å²) in [5, 5.41) is -3.98. The van der Waals surface area contributed by atoms with Crippen LogP contribution in [-0.2, 0) is 29.6 Å². The van der Waals surface area contributed by atoms with Crippen molar-refractivity contribution in [2.24, 2.45) is 0 Å². The van der Waals surface area contributed by atoms with Crippen LogP contribution < -0.4 is 5.32 Å². The Morgan fingerprint density at radius 3 is 1.88 bits per heavy atom. The fourth-order valence-corrected chi connectivity index (χ4v) is 3.73. The Balaban J connectivity index is 2.92. The van der Waals surface area contributed by atoms with Crippen molar-refractivity contribution in [1.82, 2.24) is 5.32 Å². The number of nitrogens with zero attached hydrogens (tertiary/aromatic N) is 1. The zero-order valence-electron chi connectivity index (χ0n) is 11.5. The highest BCUT2D eigenvalue weighted by molar-refractivity contribution is 8.13. The molecule has 0 atom stereocenters. The standard InChI is InChI=1S/C9H10F5N2O6S2/c10-8(11,7(18)15-5-1-3-6(17)4-2-5)23(19,20)16-24(21,22)9(12,13)14/h5H,1-4H2,(H,15,18)/q-1. The lowest BCUT2D eigenvalue weighted by Gasteiger charge is -2.29. The summed E-state index contributed by atoms with van der Waals surface area (Å²) in [6, 6.07) is -1.00. The molecule has 0 radical (unpaired) electrons. The maximum atomic E-state index is 13.6. The summed E-state index contributed by atoms with van der Waals surface area (Å²) in [4.78, 5) is 22.3. The predicted molar refractivity (Wildman–Crippen MR) is 67.6 cm³/mol. The second-order valence-corrected chi connectivity index (χ2v) is 8.25. The van der Waals surface area contributed by atoms with Crippen LogP contribution in [0.4, 0.5) is 22.0 Å². The average molecular weight is 401 g/mol. The minimum absolute atomic E-state index is 0.0594. The topological polar surface area (TPSA) is 129 Å². The third kappa shape index (κ3) is 4.38. The minimum atomic E-state index is -6.78. The molecule has 1 aliphatic rings. The summed E-state index contributed by atoms with van der Waals surface area (Å²) < 4.78 is 108. The number of nitrogens with one attached hydrogen (secondary N) is 1. The van der Waals surface area contributed by atoms with E-state index in [9.17, 15) is 48.4 Å². The number of hydrogen-bond acceptors (Lipinski definition) is 6. The van der Waals surface area contributed by atoms with Gasteiger partial charge in [0.25, 0.3) is 0 Å². The zero-order chi connectivity index (χ0) is 19.0. The van der Waals surface area contributed by atoms with Gasteiger partial charge in [-0.3, -0.25) is 9.59 Å². The third-order valence-corrected chi connectivity index (χ3v) is 5.94. The Morgan fingerprint density at radius 1 is 1.00 bits per heavy atom. The van der Waals surface area contributed by atoms with Gasteiger partial charge in [-0.1, -0.05) is 0 Å². The molecular weight excluding hydrogens is 391 g/mol. The molecule has 0 unspecified atom stereocenters. The Hall–Kier alpha value is -1.35. The number of Topliss-reactive ketones (excluding diaryl/α,β-unsaturated/α-hetero) is 1. The highest BCUT2D eigenvalue weighted by Gasteiger charge is 2.52. The minimum Gasteiger partial charge on any atom is -0.423 e. The first kappa shape index (κ1) is 20.7. The van der Waals surface area contributed by atoms with Crippen molar-refractivity contribution in [3.05, 3.63) is 4.13 Å². The van der Waals surface area contributed by atoms with Crippen LogP contribution in [0.5, 0.6) is 0 Å². The summed E-state index contributed by atoms with van der Waals surface area (Å²) in [5.74, 6) is -2.73. The van der Waals surface area contributed by atoms with Crippen LogP contribution >= 0.6 is 0 Å². The van der Waals surface area contributed by atoms with Gasteiger partial charge in [0.2, 0.25) is 0 Å². The molecule has 1 rings (SSSR count). The zero-order valence-corrected chi connectivity index (χ0v) is 13.1. The molecule has 1 aliphatic carbocycles. The van der Waals surface area contributed by atoms with Crippen molar-refractivity contribution in [2.45, 2.75) is 42.5 Å². The number of ketones is 1. The lowest BCUT2D eigenvalue weighted by atomic mass is 9.94. The molecule has 8 nitrogen and oxygen atoms in total. The number of halogens is 5. The number of amides is 1. The lowest BCUT2D eigenvalue weighted by Crippen LogP contribution is -2.50. The van der Waals surface area contributed by atoms with E-state index in [0.29, 0.717) is 0 Å². The Morgan fingerprint density at radius 2 is 1.46 bits per heavy atom. The van der Waals surface area contributed by atoms with Gasteiger partial charge in [0.1, 0.15) is 5.78 Å². The molecular formula is C9H10F5N2O6S2-. The molecule has 0 aromatic carbocycles. The van der Waals surface area contributed by atoms with Crippen molar-refractivity contribution in [2.75, 3.05) is 0 Å². The van der Waals surface area contributed by atoms with E-state index in [1.54, 1.807) is 5.32 Å². The first-order chi connectivity index (χ1) is 10.6. The van der Waals surface area contributed by atoms with E-state index >= 15 is 0 Å². The summed E-state index contributed by atoms with van der Waals surface area (Å²) in [7, 11) is -13.4. The van der Waals surface area contributed by atoms with Gasteiger partial charge in [0, 0.05) is 18.9 Å². The number of alkyl halides is 5. The quantitative estimate of drug-likeness (QED) is 0.678. The van der Waals surface area contributed by atoms with E-state index in [1.807, 2.05) is 0 Å². The highest BCUT2D eigenvalue weighted by atomic mass is 32.3. The number of carbonyl (C=O) groups excluding carboxylic acids is 2. The van der Waals surface area contributed by atoms with E-state index in [1.165, 1.54) is 0 Å². The monoisotopic (exact) mass is 401 g/mol. The van der Waals surface area contributed by atoms with Gasteiger partial charge in [0.15, 0.2) is 20.0 Å². The van der Waals surface area contributed by atoms with E-state index in [2.05, 4.69) is 0 Å². The smallest absolute Gasteiger partial charge is 0.423 e. The first-order valence-electron chi connectivity index (χ1n) is 6.11. The molecule has 1 saturated carbocycles. The lowest BCUT2D eigenvalue weighted by molar-refractivity contribution is -0.137. The van der Waals surface area contributed by atoms with E-state index in [0.717, 1.165) is 4.13 Å². The van der Waals surface area contributed by atoms with Crippen molar-refractivity contribution >= 4 is 31.7 Å². The van der Waals surface area contributed by atoms with E-state index in [4.69, 9.17) is 0 Å². The molecule has 0 saturated heterocycles. The molecule has 0 bridgehead atoms. The van der Waals surface area contributed by atoms with E-state index < -0.39 is 42.8 Å². The summed E-state index contributed by atoms with van der Waals surface area (Å²) in [6.45, 7) is 0. The largest absolute Gasteiger partial charge is 0.480 e. The number of sulfonamides is 2. The second kappa shape index (κ2) is 6.51. The number of rotatable bonds is 5. The van der Waals surface area contributed by atoms with Gasteiger partial charge in [-0.2, -0.15) is 22.0 Å². The highest BCUT2D eigenvalue weighted by Crippen LogP contribution is 2.36. The molecule has 1 fully saturated rings.